The summed E-state index contributed by atoms with van der Waals surface area (Å²) in [6.45, 7) is 4.55. The Morgan fingerprint density at radius 1 is 0.895 bits per heavy atom. The lowest BCUT2D eigenvalue weighted by Crippen LogP contribution is -2.42. The molecule has 0 saturated carbocycles. The van der Waals surface area contributed by atoms with Crippen molar-refractivity contribution in [2.45, 2.75) is 19.3 Å². The van der Waals surface area contributed by atoms with Crippen LogP contribution >= 0.6 is 0 Å². The fourth-order valence-electron chi connectivity index (χ4n) is 5.28. The number of nitrogens with zero attached hydrogens (tertiary/aromatic N) is 5. The number of benzene rings is 3. The first-order valence-electron chi connectivity index (χ1n) is 12.7. The van der Waals surface area contributed by atoms with E-state index in [4.69, 9.17) is 4.98 Å². The third-order valence-electron chi connectivity index (χ3n) is 7.32. The van der Waals surface area contributed by atoms with Gasteiger partial charge in [-0.05, 0) is 47.5 Å². The molecule has 3 aromatic carbocycles. The first kappa shape index (κ1) is 23.8. The number of aliphatic imine (C=N–C) groups is 1. The number of pyridine rings is 2. The zero-order valence-corrected chi connectivity index (χ0v) is 22.0. The van der Waals surface area contributed by atoms with E-state index in [2.05, 4.69) is 60.2 Å². The Bertz CT molecular complexity index is 1720. The van der Waals surface area contributed by atoms with E-state index in [1.807, 2.05) is 71.9 Å². The number of rotatable bonds is 4. The van der Waals surface area contributed by atoms with Gasteiger partial charge in [-0.25, -0.2) is 0 Å². The second-order valence-electron chi connectivity index (χ2n) is 10.4. The standard InChI is InChI=1S/C32H29N5O/c1-32(2,20-33-3)24-10-12-25(13-11-24)37-30(38)19-36(4)29-18-35-28-14-9-21(16-26(28)31(29)37)23-15-22-7-5-6-8-27(22)34-17-23/h5-18,20H,19H2,1-4H3. The summed E-state index contributed by atoms with van der Waals surface area (Å²) in [6.07, 6.45) is 5.71. The molecule has 0 atom stereocenters. The molecule has 6 heteroatoms. The van der Waals surface area contributed by atoms with Crippen LogP contribution in [0.5, 0.6) is 0 Å². The highest BCUT2D eigenvalue weighted by atomic mass is 16.2. The molecule has 2 aromatic heterocycles. The summed E-state index contributed by atoms with van der Waals surface area (Å²) >= 11 is 0. The predicted octanol–water partition coefficient (Wildman–Crippen LogP) is 6.54. The number of carbonyl (C=O) groups excluding carboxylic acids is 1. The second kappa shape index (κ2) is 9.06. The van der Waals surface area contributed by atoms with Crippen LogP contribution in [0.15, 0.2) is 90.2 Å². The second-order valence-corrected chi connectivity index (χ2v) is 10.4. The summed E-state index contributed by atoms with van der Waals surface area (Å²) in [6, 6.07) is 24.7. The summed E-state index contributed by atoms with van der Waals surface area (Å²) < 4.78 is 0. The van der Waals surface area contributed by atoms with Crippen molar-refractivity contribution in [1.29, 1.82) is 0 Å². The summed E-state index contributed by atoms with van der Waals surface area (Å²) in [5.41, 5.74) is 7.41. The van der Waals surface area contributed by atoms with Crippen molar-refractivity contribution in [1.82, 2.24) is 9.97 Å². The van der Waals surface area contributed by atoms with Gasteiger partial charge in [-0.3, -0.25) is 24.7 Å². The highest BCUT2D eigenvalue weighted by molar-refractivity contribution is 6.16. The van der Waals surface area contributed by atoms with E-state index in [0.29, 0.717) is 0 Å². The zero-order valence-electron chi connectivity index (χ0n) is 22.0. The average molecular weight is 500 g/mol. The van der Waals surface area contributed by atoms with Crippen molar-refractivity contribution in [3.8, 4) is 11.1 Å². The normalized spacial score (nSPS) is 14.1. The number of hydrogen-bond acceptors (Lipinski definition) is 5. The van der Waals surface area contributed by atoms with Gasteiger partial charge in [0.1, 0.15) is 0 Å². The van der Waals surface area contributed by atoms with E-state index >= 15 is 0 Å². The van der Waals surface area contributed by atoms with Gasteiger partial charge in [0, 0.05) is 53.9 Å². The molecule has 38 heavy (non-hydrogen) atoms. The maximum absolute atomic E-state index is 13.5. The van der Waals surface area contributed by atoms with Crippen molar-refractivity contribution in [3.63, 3.8) is 0 Å². The first-order chi connectivity index (χ1) is 18.4. The van der Waals surface area contributed by atoms with Gasteiger partial charge in [0.15, 0.2) is 0 Å². The number of hydrogen-bond donors (Lipinski definition) is 0. The van der Waals surface area contributed by atoms with Crippen LogP contribution in [-0.2, 0) is 10.2 Å². The Morgan fingerprint density at radius 3 is 2.45 bits per heavy atom. The van der Waals surface area contributed by atoms with Crippen molar-refractivity contribution in [2.75, 3.05) is 30.4 Å². The van der Waals surface area contributed by atoms with Gasteiger partial charge in [0.25, 0.3) is 5.91 Å². The predicted molar refractivity (Wildman–Crippen MR) is 157 cm³/mol. The molecule has 1 aliphatic rings. The van der Waals surface area contributed by atoms with Crippen LogP contribution in [0.1, 0.15) is 19.4 Å². The summed E-state index contributed by atoms with van der Waals surface area (Å²) in [4.78, 5) is 31.0. The molecular weight excluding hydrogens is 470 g/mol. The van der Waals surface area contributed by atoms with Crippen LogP contribution in [-0.4, -0.2) is 42.7 Å². The van der Waals surface area contributed by atoms with E-state index in [1.165, 1.54) is 0 Å². The minimum atomic E-state index is -0.198. The first-order valence-corrected chi connectivity index (χ1v) is 12.7. The molecule has 0 N–H and O–H groups in total. The SMILES string of the molecule is CN=CC(C)(C)c1ccc(N2C(=O)CN(C)c3cnc4ccc(-c5cnc6ccccc6c5)cc4c32)cc1. The van der Waals surface area contributed by atoms with Crippen molar-refractivity contribution in [2.24, 2.45) is 4.99 Å². The number of anilines is 3. The lowest BCUT2D eigenvalue weighted by Gasteiger charge is -2.36. The zero-order chi connectivity index (χ0) is 26.4. The third kappa shape index (κ3) is 3.98. The average Bonchev–Trinajstić information content (AvgIpc) is 2.92. The molecule has 0 fully saturated rings. The fourth-order valence-corrected chi connectivity index (χ4v) is 5.28. The quantitative estimate of drug-likeness (QED) is 0.263. The van der Waals surface area contributed by atoms with Crippen molar-refractivity contribution < 1.29 is 4.79 Å². The smallest absolute Gasteiger partial charge is 0.251 e. The van der Waals surface area contributed by atoms with Gasteiger partial charge in [-0.15, -0.1) is 0 Å². The number of carbonyl (C=O) groups is 1. The molecule has 5 aromatic rings. The number of aromatic nitrogens is 2. The maximum atomic E-state index is 13.5. The Balaban J connectivity index is 1.51. The molecular formula is C32H29N5O. The highest BCUT2D eigenvalue weighted by Crippen LogP contribution is 2.43. The molecule has 3 heterocycles. The van der Waals surface area contributed by atoms with Gasteiger partial charge < -0.3 is 4.90 Å². The van der Waals surface area contributed by atoms with E-state index in [1.54, 1.807) is 7.05 Å². The lowest BCUT2D eigenvalue weighted by atomic mass is 9.86. The van der Waals surface area contributed by atoms with Crippen molar-refractivity contribution in [3.05, 3.63) is 90.8 Å². The minimum Gasteiger partial charge on any atom is -0.362 e. The van der Waals surface area contributed by atoms with Crippen LogP contribution in [0.4, 0.5) is 17.1 Å². The summed E-state index contributed by atoms with van der Waals surface area (Å²) in [5, 5.41) is 2.02. The number of likely N-dealkylation sites (N-methyl/N-ethyl adjacent to an activating group) is 1. The Morgan fingerprint density at radius 2 is 1.66 bits per heavy atom. The van der Waals surface area contributed by atoms with Gasteiger partial charge in [-0.1, -0.05) is 50.2 Å². The van der Waals surface area contributed by atoms with E-state index in [9.17, 15) is 4.79 Å². The van der Waals surface area contributed by atoms with Crippen LogP contribution < -0.4 is 9.80 Å². The highest BCUT2D eigenvalue weighted by Gasteiger charge is 2.31. The van der Waals surface area contributed by atoms with Gasteiger partial charge in [0.05, 0.1) is 35.1 Å². The Labute approximate surface area is 222 Å². The van der Waals surface area contributed by atoms with Crippen LogP contribution in [0.3, 0.4) is 0 Å². The Kier molecular flexibility index (Phi) is 5.68. The molecule has 6 nitrogen and oxygen atoms in total. The molecule has 0 saturated heterocycles. The molecule has 6 rings (SSSR count). The number of para-hydroxylation sites is 1. The van der Waals surface area contributed by atoms with Gasteiger partial charge >= 0.3 is 0 Å². The topological polar surface area (TPSA) is 61.7 Å². The number of fused-ring (bicyclic) bond motifs is 4. The van der Waals surface area contributed by atoms with Gasteiger partial charge in [0.2, 0.25) is 0 Å². The molecule has 0 bridgehead atoms. The van der Waals surface area contributed by atoms with E-state index in [-0.39, 0.29) is 17.9 Å². The largest absolute Gasteiger partial charge is 0.362 e. The lowest BCUT2D eigenvalue weighted by molar-refractivity contribution is -0.116. The minimum absolute atomic E-state index is 0.0207. The third-order valence-corrected chi connectivity index (χ3v) is 7.32. The monoisotopic (exact) mass is 499 g/mol. The van der Waals surface area contributed by atoms with Crippen molar-refractivity contribution >= 4 is 51.0 Å². The molecule has 0 spiro atoms. The summed E-state index contributed by atoms with van der Waals surface area (Å²) in [5.74, 6) is 0.0207. The molecule has 0 aliphatic carbocycles. The Hall–Kier alpha value is -4.58. The van der Waals surface area contributed by atoms with Gasteiger partial charge in [-0.2, -0.15) is 0 Å². The molecule has 188 valence electrons. The van der Waals surface area contributed by atoms with Crippen LogP contribution in [0, 0.1) is 0 Å². The molecule has 1 aliphatic heterocycles. The molecule has 1 amide bonds. The maximum Gasteiger partial charge on any atom is 0.251 e. The van der Waals surface area contributed by atoms with E-state index in [0.717, 1.165) is 55.6 Å². The molecule has 0 radical (unpaired) electrons. The van der Waals surface area contributed by atoms with Crippen LogP contribution in [0.2, 0.25) is 0 Å². The number of amides is 1. The summed E-state index contributed by atoms with van der Waals surface area (Å²) in [7, 11) is 3.73. The van der Waals surface area contributed by atoms with E-state index < -0.39 is 0 Å². The van der Waals surface area contributed by atoms with Crippen LogP contribution in [0.25, 0.3) is 32.9 Å². The fraction of sp³-hybridized carbons (Fsp3) is 0.188. The molecule has 0 unspecified atom stereocenters.